The van der Waals surface area contributed by atoms with E-state index >= 15 is 0 Å². The highest BCUT2D eigenvalue weighted by Crippen LogP contribution is 2.32. The monoisotopic (exact) mass is 313 g/mol. The maximum atomic E-state index is 11.9. The highest BCUT2D eigenvalue weighted by Gasteiger charge is 2.28. The average Bonchev–Trinajstić information content (AvgIpc) is 2.92. The number of anilines is 1. The third-order valence-corrected chi connectivity index (χ3v) is 5.32. The summed E-state index contributed by atoms with van der Waals surface area (Å²) in [6, 6.07) is 3.56. The maximum Gasteiger partial charge on any atom is 0.234 e. The summed E-state index contributed by atoms with van der Waals surface area (Å²) in [5.74, 6) is 1.75. The number of nitrogens with zero attached hydrogens (tertiary/aromatic N) is 1. The molecule has 0 radical (unpaired) electrons. The molecule has 2 aromatic heterocycles. The first kappa shape index (κ1) is 13.6. The predicted octanol–water partition coefficient (Wildman–Crippen LogP) is 2.01. The third kappa shape index (κ3) is 3.20. The summed E-state index contributed by atoms with van der Waals surface area (Å²) in [4.78, 5) is 4.23. The molecule has 0 aromatic carbocycles. The average molecular weight is 313 g/mol. The van der Waals surface area contributed by atoms with Crippen LogP contribution in [-0.2, 0) is 16.6 Å². The second-order valence-electron chi connectivity index (χ2n) is 4.83. The number of aromatic nitrogens is 1. The lowest BCUT2D eigenvalue weighted by molar-refractivity contribution is 0.524. The van der Waals surface area contributed by atoms with E-state index in [4.69, 9.17) is 10.2 Å². The summed E-state index contributed by atoms with van der Waals surface area (Å²) < 4.78 is 31.7. The molecule has 0 atom stereocenters. The van der Waals surface area contributed by atoms with Crippen LogP contribution < -0.4 is 10.5 Å². The van der Waals surface area contributed by atoms with Gasteiger partial charge in [-0.15, -0.1) is 11.3 Å². The largest absolute Gasteiger partial charge is 0.458 e. The first-order valence-corrected chi connectivity index (χ1v) is 8.84. The van der Waals surface area contributed by atoms with Gasteiger partial charge in [-0.05, 0) is 30.9 Å². The van der Waals surface area contributed by atoms with Crippen LogP contribution in [0.15, 0.2) is 21.9 Å². The van der Waals surface area contributed by atoms with Crippen LogP contribution in [0.5, 0.6) is 0 Å². The van der Waals surface area contributed by atoms with Crippen molar-refractivity contribution in [2.45, 2.75) is 19.4 Å². The summed E-state index contributed by atoms with van der Waals surface area (Å²) in [6.07, 6.45) is 2.00. The van der Waals surface area contributed by atoms with Crippen molar-refractivity contribution in [3.8, 4) is 11.5 Å². The first-order valence-electron chi connectivity index (χ1n) is 6.31. The smallest absolute Gasteiger partial charge is 0.234 e. The molecule has 20 heavy (non-hydrogen) atoms. The van der Waals surface area contributed by atoms with Gasteiger partial charge in [0.05, 0.1) is 12.3 Å². The molecule has 3 rings (SSSR count). The highest BCUT2D eigenvalue weighted by molar-refractivity contribution is 7.92. The topological polar surface area (TPSA) is 98.2 Å². The van der Waals surface area contributed by atoms with Crippen LogP contribution in [-0.4, -0.2) is 19.2 Å². The van der Waals surface area contributed by atoms with Crippen LogP contribution in [0.1, 0.15) is 18.6 Å². The van der Waals surface area contributed by atoms with Gasteiger partial charge < -0.3 is 10.2 Å². The zero-order chi connectivity index (χ0) is 14.2. The van der Waals surface area contributed by atoms with Crippen molar-refractivity contribution >= 4 is 26.5 Å². The second-order valence-corrected chi connectivity index (χ2v) is 7.46. The number of rotatable bonds is 6. The summed E-state index contributed by atoms with van der Waals surface area (Å²) >= 11 is 1.24. The van der Waals surface area contributed by atoms with Crippen LogP contribution in [0.4, 0.5) is 5.13 Å². The minimum absolute atomic E-state index is 0.181. The summed E-state index contributed by atoms with van der Waals surface area (Å²) in [5.41, 5.74) is 6.09. The van der Waals surface area contributed by atoms with Crippen molar-refractivity contribution in [1.29, 1.82) is 0 Å². The fourth-order valence-electron chi connectivity index (χ4n) is 1.83. The molecule has 1 aliphatic rings. The van der Waals surface area contributed by atoms with Gasteiger partial charge in [-0.3, -0.25) is 4.72 Å². The van der Waals surface area contributed by atoms with Gasteiger partial charge in [0.1, 0.15) is 11.5 Å². The quantitative estimate of drug-likeness (QED) is 0.850. The minimum Gasteiger partial charge on any atom is -0.458 e. The van der Waals surface area contributed by atoms with Gasteiger partial charge in [0, 0.05) is 5.38 Å². The zero-order valence-corrected chi connectivity index (χ0v) is 12.3. The summed E-state index contributed by atoms with van der Waals surface area (Å²) in [6.45, 7) is 0.324. The van der Waals surface area contributed by atoms with Gasteiger partial charge in [-0.2, -0.15) is 0 Å². The van der Waals surface area contributed by atoms with E-state index in [0.717, 1.165) is 12.8 Å². The number of sulfonamides is 1. The fourth-order valence-corrected chi connectivity index (χ4v) is 4.29. The molecule has 1 fully saturated rings. The molecule has 0 aliphatic heterocycles. The molecule has 0 amide bonds. The molecule has 3 N–H and O–H groups in total. The van der Waals surface area contributed by atoms with Crippen LogP contribution in [0.3, 0.4) is 0 Å². The Kier molecular flexibility index (Phi) is 3.53. The molecular weight excluding hydrogens is 298 g/mol. The molecule has 1 saturated carbocycles. The Morgan fingerprint density at radius 3 is 2.90 bits per heavy atom. The molecule has 2 heterocycles. The minimum atomic E-state index is -3.29. The SMILES string of the molecule is NCc1ccc(-c2csc(NS(=O)(=O)CC3CC3)n2)o1. The normalized spacial score (nSPS) is 15.4. The van der Waals surface area contributed by atoms with Gasteiger partial charge in [-0.1, -0.05) is 0 Å². The Morgan fingerprint density at radius 1 is 1.45 bits per heavy atom. The van der Waals surface area contributed by atoms with Crippen molar-refractivity contribution in [2.75, 3.05) is 10.5 Å². The Bertz CT molecular complexity index is 701. The van der Waals surface area contributed by atoms with Crippen molar-refractivity contribution in [1.82, 2.24) is 4.98 Å². The van der Waals surface area contributed by atoms with Crippen LogP contribution in [0.25, 0.3) is 11.5 Å². The lowest BCUT2D eigenvalue weighted by Crippen LogP contribution is -2.17. The van der Waals surface area contributed by atoms with E-state index in [0.29, 0.717) is 34.8 Å². The first-order chi connectivity index (χ1) is 9.55. The summed E-state index contributed by atoms with van der Waals surface area (Å²) in [5, 5.41) is 2.13. The number of nitrogens with two attached hydrogens (primary N) is 1. The van der Waals surface area contributed by atoms with Gasteiger partial charge in [-0.25, -0.2) is 13.4 Å². The third-order valence-electron chi connectivity index (χ3n) is 3.01. The highest BCUT2D eigenvalue weighted by atomic mass is 32.2. The number of nitrogens with one attached hydrogen (secondary N) is 1. The molecule has 108 valence electrons. The van der Waals surface area contributed by atoms with Crippen molar-refractivity contribution in [3.63, 3.8) is 0 Å². The molecule has 6 nitrogen and oxygen atoms in total. The second kappa shape index (κ2) is 5.19. The number of furan rings is 1. The van der Waals surface area contributed by atoms with E-state index in [2.05, 4.69) is 9.71 Å². The molecule has 0 saturated heterocycles. The lowest BCUT2D eigenvalue weighted by Gasteiger charge is -2.02. The maximum absolute atomic E-state index is 11.9. The van der Waals surface area contributed by atoms with E-state index < -0.39 is 10.0 Å². The molecular formula is C12H15N3O3S2. The van der Waals surface area contributed by atoms with Crippen molar-refractivity contribution in [3.05, 3.63) is 23.3 Å². The number of thiazole rings is 1. The van der Waals surface area contributed by atoms with Gasteiger partial charge in [0.15, 0.2) is 10.9 Å². The van der Waals surface area contributed by atoms with Gasteiger partial charge in [0.25, 0.3) is 0 Å². The van der Waals surface area contributed by atoms with E-state index in [9.17, 15) is 8.42 Å². The van der Waals surface area contributed by atoms with E-state index in [-0.39, 0.29) is 5.75 Å². The van der Waals surface area contributed by atoms with E-state index in [1.807, 2.05) is 0 Å². The molecule has 2 aromatic rings. The summed E-state index contributed by atoms with van der Waals surface area (Å²) in [7, 11) is -3.29. The molecule has 0 spiro atoms. The zero-order valence-electron chi connectivity index (χ0n) is 10.7. The Balaban J connectivity index is 1.72. The molecule has 0 bridgehead atoms. The standard InChI is InChI=1S/C12H15N3O3S2/c13-5-9-3-4-11(18-9)10-6-19-12(14-10)15-20(16,17)7-8-1-2-8/h3-4,6,8H,1-2,5,7,13H2,(H,14,15). The van der Waals surface area contributed by atoms with Crippen molar-refractivity contribution in [2.24, 2.45) is 11.7 Å². The predicted molar refractivity (Wildman–Crippen MR) is 77.8 cm³/mol. The van der Waals surface area contributed by atoms with Crippen LogP contribution in [0, 0.1) is 5.92 Å². The molecule has 0 unspecified atom stereocenters. The van der Waals surface area contributed by atoms with E-state index in [1.165, 1.54) is 11.3 Å². The van der Waals surface area contributed by atoms with Crippen LogP contribution >= 0.6 is 11.3 Å². The Labute approximate surface area is 121 Å². The van der Waals surface area contributed by atoms with Crippen molar-refractivity contribution < 1.29 is 12.8 Å². The molecule has 8 heteroatoms. The fraction of sp³-hybridized carbons (Fsp3) is 0.417. The van der Waals surface area contributed by atoms with Gasteiger partial charge >= 0.3 is 0 Å². The number of hydrogen-bond acceptors (Lipinski definition) is 6. The van der Waals surface area contributed by atoms with Crippen LogP contribution in [0.2, 0.25) is 0 Å². The lowest BCUT2D eigenvalue weighted by atomic mass is 10.3. The molecule has 1 aliphatic carbocycles. The van der Waals surface area contributed by atoms with E-state index in [1.54, 1.807) is 17.5 Å². The Hall–Kier alpha value is -1.38. The Morgan fingerprint density at radius 2 is 2.25 bits per heavy atom. The van der Waals surface area contributed by atoms with Gasteiger partial charge in [0.2, 0.25) is 10.0 Å². The number of hydrogen-bond donors (Lipinski definition) is 2.